The minimum Gasteiger partial charge on any atom is -0.456 e. The highest BCUT2D eigenvalue weighted by molar-refractivity contribution is 7.89. The summed E-state index contributed by atoms with van der Waals surface area (Å²) >= 11 is 5.83. The molecule has 4 rings (SSSR count). The predicted molar refractivity (Wildman–Crippen MR) is 118 cm³/mol. The fourth-order valence-corrected chi connectivity index (χ4v) is 5.70. The summed E-state index contributed by atoms with van der Waals surface area (Å²) in [4.78, 5) is 28.6. The number of hydrogen-bond acceptors (Lipinski definition) is 6. The van der Waals surface area contributed by atoms with Crippen molar-refractivity contribution >= 4 is 44.3 Å². The zero-order valence-electron chi connectivity index (χ0n) is 17.1. The summed E-state index contributed by atoms with van der Waals surface area (Å²) in [6, 6.07) is 11.6. The van der Waals surface area contributed by atoms with Crippen LogP contribution >= 0.6 is 11.6 Å². The molecular formula is C22H21ClN2O6S. The lowest BCUT2D eigenvalue weighted by Crippen LogP contribution is -2.41. The smallest absolute Gasteiger partial charge is 0.325 e. The van der Waals surface area contributed by atoms with Gasteiger partial charge in [0.2, 0.25) is 15.8 Å². The van der Waals surface area contributed by atoms with Gasteiger partial charge >= 0.3 is 5.97 Å². The van der Waals surface area contributed by atoms with Crippen molar-refractivity contribution < 1.29 is 27.9 Å². The minimum absolute atomic E-state index is 0.0562. The van der Waals surface area contributed by atoms with E-state index in [1.807, 2.05) is 12.1 Å². The van der Waals surface area contributed by atoms with Crippen molar-refractivity contribution in [3.05, 3.63) is 64.8 Å². The van der Waals surface area contributed by atoms with Crippen LogP contribution in [0.5, 0.6) is 0 Å². The lowest BCUT2D eigenvalue weighted by Gasteiger charge is -2.22. The summed E-state index contributed by atoms with van der Waals surface area (Å²) in [7, 11) is -4.08. The molecule has 2 heterocycles. The lowest BCUT2D eigenvalue weighted by atomic mass is 10.1. The number of fused-ring (bicyclic) bond motifs is 1. The number of aliphatic hydroxyl groups is 1. The molecule has 0 unspecified atom stereocenters. The lowest BCUT2D eigenvalue weighted by molar-refractivity contribution is -0.146. The standard InChI is InChI=1S/C22H21ClN2O6S/c1-13-21(17-4-2-3-5-18(17)24-13)20(27)12-31-22(28)19-10-15(26)11-25(19)32(29,30)16-8-6-14(23)7-9-16/h2-9,15,19,24,26H,10-12H2,1H3/t15-,19+/m0/s1. The van der Waals surface area contributed by atoms with Gasteiger partial charge in [-0.05, 0) is 37.3 Å². The highest BCUT2D eigenvalue weighted by Crippen LogP contribution is 2.28. The molecule has 1 aromatic heterocycles. The van der Waals surface area contributed by atoms with E-state index in [4.69, 9.17) is 16.3 Å². The molecule has 0 spiro atoms. The molecule has 0 amide bonds. The normalized spacial score (nSPS) is 19.3. The Hall–Kier alpha value is -2.72. The van der Waals surface area contributed by atoms with Gasteiger partial charge in [-0.2, -0.15) is 4.31 Å². The van der Waals surface area contributed by atoms with Crippen LogP contribution in [0.1, 0.15) is 22.5 Å². The molecular weight excluding hydrogens is 456 g/mol. The highest BCUT2D eigenvalue weighted by atomic mass is 35.5. The Bertz CT molecular complexity index is 1290. The van der Waals surface area contributed by atoms with Gasteiger partial charge < -0.3 is 14.8 Å². The Kier molecular flexibility index (Phi) is 6.09. The Morgan fingerprint density at radius 1 is 1.19 bits per heavy atom. The van der Waals surface area contributed by atoms with Gasteiger partial charge in [-0.1, -0.05) is 29.8 Å². The van der Waals surface area contributed by atoms with E-state index in [1.165, 1.54) is 24.3 Å². The number of sulfonamides is 1. The molecule has 0 bridgehead atoms. The van der Waals surface area contributed by atoms with E-state index in [9.17, 15) is 23.1 Å². The zero-order valence-corrected chi connectivity index (χ0v) is 18.7. The number of carbonyl (C=O) groups is 2. The van der Waals surface area contributed by atoms with E-state index in [2.05, 4.69) is 4.98 Å². The van der Waals surface area contributed by atoms with Gasteiger partial charge in [0.1, 0.15) is 6.04 Å². The second kappa shape index (κ2) is 8.67. The van der Waals surface area contributed by atoms with E-state index in [0.717, 1.165) is 9.82 Å². The minimum atomic E-state index is -4.08. The first-order valence-corrected chi connectivity index (χ1v) is 11.7. The first-order valence-electron chi connectivity index (χ1n) is 9.91. The van der Waals surface area contributed by atoms with Crippen molar-refractivity contribution in [2.24, 2.45) is 0 Å². The van der Waals surface area contributed by atoms with E-state index in [0.29, 0.717) is 21.7 Å². The van der Waals surface area contributed by atoms with Crippen molar-refractivity contribution in [3.8, 4) is 0 Å². The molecule has 1 saturated heterocycles. The van der Waals surface area contributed by atoms with Gasteiger partial charge in [-0.3, -0.25) is 9.59 Å². The molecule has 2 N–H and O–H groups in total. The van der Waals surface area contributed by atoms with E-state index in [-0.39, 0.29) is 17.9 Å². The summed E-state index contributed by atoms with van der Waals surface area (Å²) in [5, 5.41) is 11.1. The fraction of sp³-hybridized carbons (Fsp3) is 0.273. The Morgan fingerprint density at radius 2 is 1.88 bits per heavy atom. The predicted octanol–water partition coefficient (Wildman–Crippen LogP) is 2.68. The average molecular weight is 477 g/mol. The number of aliphatic hydroxyl groups excluding tert-OH is 1. The molecule has 168 valence electrons. The number of rotatable bonds is 6. The number of para-hydroxylation sites is 1. The summed E-state index contributed by atoms with van der Waals surface area (Å²) < 4.78 is 32.1. The Morgan fingerprint density at radius 3 is 2.59 bits per heavy atom. The van der Waals surface area contributed by atoms with Crippen LogP contribution in [0.2, 0.25) is 5.02 Å². The molecule has 0 radical (unpaired) electrons. The molecule has 1 fully saturated rings. The number of benzene rings is 2. The van der Waals surface area contributed by atoms with Crippen LogP contribution in [0.15, 0.2) is 53.4 Å². The number of halogens is 1. The van der Waals surface area contributed by atoms with Gasteiger partial charge in [0.05, 0.1) is 11.0 Å². The topological polar surface area (TPSA) is 117 Å². The number of β-amino-alcohol motifs (C(OH)–C–C–N with tert-alkyl or cyclic N) is 1. The third-order valence-electron chi connectivity index (χ3n) is 5.44. The van der Waals surface area contributed by atoms with Gasteiger partial charge in [0.25, 0.3) is 0 Å². The summed E-state index contributed by atoms with van der Waals surface area (Å²) in [6.07, 6.45) is -1.15. The van der Waals surface area contributed by atoms with Gasteiger partial charge in [0, 0.05) is 40.1 Å². The molecule has 0 saturated carbocycles. The number of aromatic nitrogens is 1. The van der Waals surface area contributed by atoms with Crippen molar-refractivity contribution in [2.45, 2.75) is 30.4 Å². The molecule has 3 aromatic rings. The second-order valence-electron chi connectivity index (χ2n) is 7.64. The molecule has 32 heavy (non-hydrogen) atoms. The highest BCUT2D eigenvalue weighted by Gasteiger charge is 2.44. The maximum atomic E-state index is 13.0. The molecule has 2 atom stereocenters. The maximum absolute atomic E-state index is 13.0. The van der Waals surface area contributed by atoms with E-state index >= 15 is 0 Å². The first-order chi connectivity index (χ1) is 15.2. The van der Waals surface area contributed by atoms with Crippen LogP contribution in [0, 0.1) is 6.92 Å². The number of nitrogens with zero attached hydrogens (tertiary/aromatic N) is 1. The van der Waals surface area contributed by atoms with Gasteiger partial charge in [-0.25, -0.2) is 8.42 Å². The largest absolute Gasteiger partial charge is 0.456 e. The van der Waals surface area contributed by atoms with E-state index < -0.39 is 40.5 Å². The zero-order chi connectivity index (χ0) is 23.0. The van der Waals surface area contributed by atoms with Crippen molar-refractivity contribution in [1.82, 2.24) is 9.29 Å². The van der Waals surface area contributed by atoms with Crippen LogP contribution in [-0.2, 0) is 19.6 Å². The van der Waals surface area contributed by atoms with Crippen molar-refractivity contribution in [1.29, 1.82) is 0 Å². The Labute approximate surface area is 189 Å². The van der Waals surface area contributed by atoms with Crippen molar-refractivity contribution in [3.63, 3.8) is 0 Å². The van der Waals surface area contributed by atoms with Crippen LogP contribution < -0.4 is 0 Å². The number of esters is 1. The number of ether oxygens (including phenoxy) is 1. The number of carbonyl (C=O) groups excluding carboxylic acids is 2. The third kappa shape index (κ3) is 4.16. The number of Topliss-reactive ketones (excluding diaryl/α,β-unsaturated/α-hetero) is 1. The molecule has 0 aliphatic carbocycles. The number of hydrogen-bond donors (Lipinski definition) is 2. The fourth-order valence-electron chi connectivity index (χ4n) is 3.95. The van der Waals surface area contributed by atoms with Crippen molar-refractivity contribution in [2.75, 3.05) is 13.2 Å². The number of H-pyrrole nitrogens is 1. The quantitative estimate of drug-likeness (QED) is 0.417. The summed E-state index contributed by atoms with van der Waals surface area (Å²) in [6.45, 7) is 0.964. The maximum Gasteiger partial charge on any atom is 0.325 e. The summed E-state index contributed by atoms with van der Waals surface area (Å²) in [5.74, 6) is -1.29. The average Bonchev–Trinajstić information content (AvgIpc) is 3.31. The third-order valence-corrected chi connectivity index (χ3v) is 7.58. The van der Waals surface area contributed by atoms with Gasteiger partial charge in [0.15, 0.2) is 6.61 Å². The van der Waals surface area contributed by atoms with Crippen LogP contribution in [0.25, 0.3) is 10.9 Å². The number of ketones is 1. The molecule has 8 nitrogen and oxygen atoms in total. The molecule has 1 aliphatic rings. The number of aryl methyl sites for hydroxylation is 1. The molecule has 1 aliphatic heterocycles. The van der Waals surface area contributed by atoms with E-state index in [1.54, 1.807) is 19.1 Å². The molecule has 10 heteroatoms. The summed E-state index contributed by atoms with van der Waals surface area (Å²) in [5.41, 5.74) is 1.86. The van der Waals surface area contributed by atoms with Crippen LogP contribution in [0.4, 0.5) is 0 Å². The SMILES string of the molecule is Cc1[nH]c2ccccc2c1C(=O)COC(=O)[C@H]1C[C@H](O)CN1S(=O)(=O)c1ccc(Cl)cc1. The monoisotopic (exact) mass is 476 g/mol. The van der Waals surface area contributed by atoms with Gasteiger partial charge in [-0.15, -0.1) is 0 Å². The van der Waals surface area contributed by atoms with Crippen LogP contribution in [-0.4, -0.2) is 59.9 Å². The van der Waals surface area contributed by atoms with Crippen LogP contribution in [0.3, 0.4) is 0 Å². The first kappa shape index (κ1) is 22.5. The number of nitrogens with one attached hydrogen (secondary N) is 1. The molecule has 2 aromatic carbocycles. The second-order valence-corrected chi connectivity index (χ2v) is 9.96. The number of aromatic amines is 1. The Balaban J connectivity index is 1.51.